The number of aromatic nitrogens is 1. The summed E-state index contributed by atoms with van der Waals surface area (Å²) in [6.45, 7) is 2.69. The van der Waals surface area contributed by atoms with Gasteiger partial charge < -0.3 is 16.8 Å². The van der Waals surface area contributed by atoms with Crippen molar-refractivity contribution in [3.05, 3.63) is 93.3 Å². The molecule has 10 heteroatoms. The highest BCUT2D eigenvalue weighted by Crippen LogP contribution is 2.29. The fourth-order valence-electron chi connectivity index (χ4n) is 4.80. The molecule has 0 unspecified atom stereocenters. The Morgan fingerprint density at radius 2 is 1.55 bits per heavy atom. The second-order valence-corrected chi connectivity index (χ2v) is 11.5. The monoisotopic (exact) mass is 592 g/mol. The summed E-state index contributed by atoms with van der Waals surface area (Å²) in [6, 6.07) is 22.3. The zero-order chi connectivity index (χ0) is 28.1. The van der Waals surface area contributed by atoms with Gasteiger partial charge in [-0.1, -0.05) is 77.8 Å². The van der Waals surface area contributed by atoms with E-state index in [0.29, 0.717) is 21.6 Å². The average molecular weight is 594 g/mol. The van der Waals surface area contributed by atoms with Crippen LogP contribution in [0.25, 0.3) is 22.4 Å². The predicted octanol–water partition coefficient (Wildman–Crippen LogP) is 6.01. The molecule has 0 saturated carbocycles. The second kappa shape index (κ2) is 12.8. The van der Waals surface area contributed by atoms with Crippen molar-refractivity contribution in [3.8, 4) is 22.4 Å². The van der Waals surface area contributed by atoms with Crippen LogP contribution in [-0.4, -0.2) is 40.9 Å². The van der Waals surface area contributed by atoms with Crippen molar-refractivity contribution in [1.29, 1.82) is 0 Å². The number of nitrogens with zero attached hydrogens (tertiary/aromatic N) is 3. The van der Waals surface area contributed by atoms with Crippen LogP contribution in [0.15, 0.2) is 77.1 Å². The van der Waals surface area contributed by atoms with Gasteiger partial charge in [-0.3, -0.25) is 9.69 Å². The highest BCUT2D eigenvalue weighted by Gasteiger charge is 2.21. The van der Waals surface area contributed by atoms with Gasteiger partial charge in [0.15, 0.2) is 5.96 Å². The van der Waals surface area contributed by atoms with Crippen LogP contribution in [0.2, 0.25) is 10.0 Å². The zero-order valence-corrected chi connectivity index (χ0v) is 24.1. The van der Waals surface area contributed by atoms with Crippen LogP contribution in [-0.2, 0) is 17.8 Å². The zero-order valence-electron chi connectivity index (χ0n) is 21.8. The number of nitrogens with two attached hydrogens (primary N) is 2. The molecule has 1 aromatic heterocycles. The number of thiazole rings is 1. The molecule has 5 rings (SSSR count). The maximum absolute atomic E-state index is 12.7. The van der Waals surface area contributed by atoms with Crippen molar-refractivity contribution >= 4 is 51.5 Å². The highest BCUT2D eigenvalue weighted by molar-refractivity contribution is 7.13. The normalized spacial score (nSPS) is 14.2. The number of aliphatic imine (C=N–C) groups is 1. The number of hydrogen-bond donors (Lipinski definition) is 3. The van der Waals surface area contributed by atoms with Crippen LogP contribution in [0.1, 0.15) is 24.0 Å². The number of likely N-dealkylation sites (tertiary alicyclic amines) is 1. The number of halogens is 2. The molecule has 4 aromatic rings. The quantitative estimate of drug-likeness (QED) is 0.171. The van der Waals surface area contributed by atoms with Crippen LogP contribution in [0.5, 0.6) is 0 Å². The summed E-state index contributed by atoms with van der Waals surface area (Å²) in [5.74, 6) is 0.0542. The molecule has 1 saturated heterocycles. The number of piperidine rings is 1. The summed E-state index contributed by atoms with van der Waals surface area (Å²) in [7, 11) is 0. The van der Waals surface area contributed by atoms with Crippen molar-refractivity contribution in [3.63, 3.8) is 0 Å². The molecule has 40 heavy (non-hydrogen) atoms. The number of benzene rings is 3. The average Bonchev–Trinajstić information content (AvgIpc) is 3.40. The molecule has 1 aliphatic rings. The van der Waals surface area contributed by atoms with Gasteiger partial charge in [-0.25, -0.2) is 4.98 Å². The molecule has 1 amide bonds. The minimum atomic E-state index is -0.00453. The minimum absolute atomic E-state index is 0.00453. The first kappa shape index (κ1) is 28.1. The molecule has 1 aliphatic heterocycles. The maximum atomic E-state index is 12.7. The van der Waals surface area contributed by atoms with Gasteiger partial charge in [0.05, 0.1) is 22.2 Å². The van der Waals surface area contributed by atoms with E-state index in [1.807, 2.05) is 47.8 Å². The first-order valence-corrected chi connectivity index (χ1v) is 14.7. The summed E-state index contributed by atoms with van der Waals surface area (Å²) < 4.78 is 0. The Morgan fingerprint density at radius 1 is 0.925 bits per heavy atom. The topological polar surface area (TPSA) is 110 Å². The fourth-order valence-corrected chi connectivity index (χ4v) is 5.84. The van der Waals surface area contributed by atoms with E-state index in [9.17, 15) is 4.79 Å². The van der Waals surface area contributed by atoms with Crippen LogP contribution in [0.3, 0.4) is 0 Å². The summed E-state index contributed by atoms with van der Waals surface area (Å²) in [5.41, 5.74) is 17.0. The van der Waals surface area contributed by atoms with E-state index in [2.05, 4.69) is 44.5 Å². The van der Waals surface area contributed by atoms with Gasteiger partial charge in [-0.15, -0.1) is 11.3 Å². The van der Waals surface area contributed by atoms with Crippen LogP contribution in [0.4, 0.5) is 5.13 Å². The molecule has 206 valence electrons. The number of amides is 1. The van der Waals surface area contributed by atoms with Gasteiger partial charge in [-0.2, -0.15) is 4.99 Å². The van der Waals surface area contributed by atoms with Crippen molar-refractivity contribution in [1.82, 2.24) is 15.2 Å². The van der Waals surface area contributed by atoms with Gasteiger partial charge in [0, 0.05) is 36.6 Å². The van der Waals surface area contributed by atoms with Gasteiger partial charge >= 0.3 is 0 Å². The van der Waals surface area contributed by atoms with Crippen molar-refractivity contribution in [2.45, 2.75) is 31.8 Å². The summed E-state index contributed by atoms with van der Waals surface area (Å²) in [6.07, 6.45) is 2.22. The summed E-state index contributed by atoms with van der Waals surface area (Å²) in [5, 5.41) is 6.83. The van der Waals surface area contributed by atoms with Crippen molar-refractivity contribution < 1.29 is 4.79 Å². The molecule has 2 heterocycles. The first-order valence-electron chi connectivity index (χ1n) is 13.0. The molecule has 0 radical (unpaired) electrons. The van der Waals surface area contributed by atoms with E-state index in [-0.39, 0.29) is 17.9 Å². The van der Waals surface area contributed by atoms with Gasteiger partial charge in [0.25, 0.3) is 0 Å². The lowest BCUT2D eigenvalue weighted by Gasteiger charge is -2.32. The Balaban J connectivity index is 1.09. The molecule has 0 spiro atoms. The van der Waals surface area contributed by atoms with Crippen LogP contribution < -0.4 is 16.8 Å². The lowest BCUT2D eigenvalue weighted by Crippen LogP contribution is -2.44. The molecule has 0 aliphatic carbocycles. The number of carbonyl (C=O) groups excluding carboxylic acids is 1. The van der Waals surface area contributed by atoms with E-state index in [1.54, 1.807) is 0 Å². The SMILES string of the molecule is NC(N)=Nc1nc(-c2ccc(-c3ccc(CC(=O)NC4CCN(Cc5ccc(Cl)c(Cl)c5)CC4)cc3)cc2)cs1. The smallest absolute Gasteiger partial charge is 0.224 e. The standard InChI is InChI=1S/C30H30Cl2N6OS/c31-25-10-3-20(15-26(25)32)17-38-13-11-24(12-14-38)35-28(39)16-19-1-4-21(5-2-19)22-6-8-23(9-7-22)27-18-40-30(36-27)37-29(33)34/h1-10,15,18,24H,11-14,16-17H2,(H,35,39)(H4,33,34,36,37). The third-order valence-electron chi connectivity index (χ3n) is 6.89. The Morgan fingerprint density at radius 3 is 2.20 bits per heavy atom. The Hall–Kier alpha value is -3.43. The Kier molecular flexibility index (Phi) is 9.01. The number of nitrogens with one attached hydrogen (secondary N) is 1. The number of rotatable bonds is 8. The first-order chi connectivity index (χ1) is 19.3. The van der Waals surface area contributed by atoms with Crippen molar-refractivity contribution in [2.75, 3.05) is 13.1 Å². The lowest BCUT2D eigenvalue weighted by molar-refractivity contribution is -0.121. The third kappa shape index (κ3) is 7.40. The van der Waals surface area contributed by atoms with Gasteiger partial charge in [0.2, 0.25) is 11.0 Å². The number of guanidine groups is 1. The summed E-state index contributed by atoms with van der Waals surface area (Å²) >= 11 is 13.6. The number of carbonyl (C=O) groups is 1. The van der Waals surface area contributed by atoms with Gasteiger partial charge in [0.1, 0.15) is 0 Å². The highest BCUT2D eigenvalue weighted by atomic mass is 35.5. The Labute approximate surface area is 247 Å². The molecule has 1 fully saturated rings. The molecule has 0 bridgehead atoms. The molecule has 7 nitrogen and oxygen atoms in total. The van der Waals surface area contributed by atoms with E-state index in [4.69, 9.17) is 34.7 Å². The van der Waals surface area contributed by atoms with Crippen molar-refractivity contribution in [2.24, 2.45) is 16.5 Å². The largest absolute Gasteiger partial charge is 0.370 e. The molecule has 5 N–H and O–H groups in total. The van der Waals surface area contributed by atoms with Crippen LogP contribution >= 0.6 is 34.5 Å². The predicted molar refractivity (Wildman–Crippen MR) is 165 cm³/mol. The third-order valence-corrected chi connectivity index (χ3v) is 8.37. The number of hydrogen-bond acceptors (Lipinski definition) is 5. The van der Waals surface area contributed by atoms with E-state index in [1.165, 1.54) is 11.3 Å². The fraction of sp³-hybridized carbons (Fsp3) is 0.233. The van der Waals surface area contributed by atoms with Crippen LogP contribution in [0, 0.1) is 0 Å². The van der Waals surface area contributed by atoms with E-state index in [0.717, 1.165) is 66.0 Å². The lowest BCUT2D eigenvalue weighted by atomic mass is 10.0. The molecule has 0 atom stereocenters. The molecule has 3 aromatic carbocycles. The van der Waals surface area contributed by atoms with Gasteiger partial charge in [-0.05, 0) is 47.2 Å². The molecular weight excluding hydrogens is 563 g/mol. The minimum Gasteiger partial charge on any atom is -0.370 e. The Bertz CT molecular complexity index is 1490. The maximum Gasteiger partial charge on any atom is 0.224 e. The second-order valence-electron chi connectivity index (χ2n) is 9.87. The van der Waals surface area contributed by atoms with E-state index < -0.39 is 0 Å². The molecular formula is C30H30Cl2N6OS. The van der Waals surface area contributed by atoms with E-state index >= 15 is 0 Å². The summed E-state index contributed by atoms with van der Waals surface area (Å²) in [4.78, 5) is 23.6.